The highest BCUT2D eigenvalue weighted by Gasteiger charge is 2.18. The summed E-state index contributed by atoms with van der Waals surface area (Å²) in [4.78, 5) is 0. The summed E-state index contributed by atoms with van der Waals surface area (Å²) in [5.41, 5.74) is 2.73. The normalized spacial score (nSPS) is 12.9. The molecule has 4 heteroatoms. The van der Waals surface area contributed by atoms with Crippen LogP contribution in [0.5, 0.6) is 0 Å². The molecule has 1 unspecified atom stereocenters. The Balaban J connectivity index is 1.99. The first-order chi connectivity index (χ1) is 11.6. The van der Waals surface area contributed by atoms with Crippen LogP contribution in [-0.2, 0) is 35.4 Å². The molecule has 1 atom stereocenters. The molecule has 0 spiro atoms. The van der Waals surface area contributed by atoms with Gasteiger partial charge >= 0.3 is 0 Å². The van der Waals surface area contributed by atoms with Gasteiger partial charge in [-0.25, -0.2) is 0 Å². The van der Waals surface area contributed by atoms with Gasteiger partial charge in [-0.2, -0.15) is 0 Å². The molecule has 0 amide bonds. The molecule has 1 nitrogen and oxygen atoms in total. The van der Waals surface area contributed by atoms with E-state index in [1.165, 1.54) is 11.1 Å². The molecule has 130 valence electrons. The van der Waals surface area contributed by atoms with Gasteiger partial charge in [0.2, 0.25) is 0 Å². The summed E-state index contributed by atoms with van der Waals surface area (Å²) < 4.78 is 11.9. The van der Waals surface area contributed by atoms with Crippen molar-refractivity contribution in [3.63, 3.8) is 0 Å². The van der Waals surface area contributed by atoms with E-state index in [4.69, 9.17) is 11.8 Å². The average Bonchev–Trinajstić information content (AvgIpc) is 2.65. The number of rotatable bonds is 10. The van der Waals surface area contributed by atoms with Crippen LogP contribution in [0.4, 0.5) is 0 Å². The largest absolute Gasteiger partial charge is 0.260 e. The zero-order chi connectivity index (χ0) is 17.3. The fourth-order valence-corrected chi connectivity index (χ4v) is 8.36. The highest BCUT2D eigenvalue weighted by molar-refractivity contribution is 8.14. The van der Waals surface area contributed by atoms with E-state index in [1.807, 2.05) is 6.92 Å². The molecule has 0 N–H and O–H groups in total. The van der Waals surface area contributed by atoms with Crippen LogP contribution in [0.2, 0.25) is 0 Å². The Kier molecular flexibility index (Phi) is 8.38. The zero-order valence-electron chi connectivity index (χ0n) is 14.4. The minimum atomic E-state index is -1.48. The lowest BCUT2D eigenvalue weighted by atomic mass is 10.2. The lowest BCUT2D eigenvalue weighted by molar-refractivity contribution is 0.684. The Labute approximate surface area is 154 Å². The maximum atomic E-state index is 11.9. The molecule has 0 saturated heterocycles. The third-order valence-electron chi connectivity index (χ3n) is 4.35. The second-order valence-electron chi connectivity index (χ2n) is 6.13. The number of aryl methyl sites for hydroxylation is 2. The summed E-state index contributed by atoms with van der Waals surface area (Å²) >= 11 is 6.14. The Hall–Kier alpha value is -0.760. The lowest BCUT2D eigenvalue weighted by Crippen LogP contribution is -2.11. The van der Waals surface area contributed by atoms with Crippen LogP contribution >= 0.6 is 6.04 Å². The Bertz CT molecular complexity index is 623. The van der Waals surface area contributed by atoms with Gasteiger partial charge in [0.25, 0.3) is 0 Å². The van der Waals surface area contributed by atoms with Crippen molar-refractivity contribution < 1.29 is 4.21 Å². The van der Waals surface area contributed by atoms with E-state index in [0.29, 0.717) is 0 Å². The smallest absolute Gasteiger partial charge is 0.0281 e. The maximum Gasteiger partial charge on any atom is 0.0281 e. The minimum Gasteiger partial charge on any atom is -0.260 e. The zero-order valence-corrected chi connectivity index (χ0v) is 16.9. The molecule has 24 heavy (non-hydrogen) atoms. The van der Waals surface area contributed by atoms with E-state index in [1.54, 1.807) is 0 Å². The van der Waals surface area contributed by atoms with Crippen LogP contribution in [0.15, 0.2) is 60.7 Å². The van der Waals surface area contributed by atoms with Crippen molar-refractivity contribution in [1.82, 2.24) is 0 Å². The summed E-state index contributed by atoms with van der Waals surface area (Å²) in [7, 11) is -0.709. The Morgan fingerprint density at radius 2 is 1.29 bits per heavy atom. The van der Waals surface area contributed by atoms with Crippen LogP contribution in [0.25, 0.3) is 0 Å². The molecular formula is C20H27OPS2. The van der Waals surface area contributed by atoms with Gasteiger partial charge in [-0.1, -0.05) is 79.4 Å². The van der Waals surface area contributed by atoms with Crippen molar-refractivity contribution in [2.24, 2.45) is 0 Å². The quantitative estimate of drug-likeness (QED) is 0.557. The van der Waals surface area contributed by atoms with Crippen LogP contribution in [0, 0.1) is 0 Å². The molecule has 0 aromatic heterocycles. The van der Waals surface area contributed by atoms with E-state index in [2.05, 4.69) is 60.7 Å². The summed E-state index contributed by atoms with van der Waals surface area (Å²) in [6, 6.07) is 19.7. The monoisotopic (exact) mass is 378 g/mol. The molecule has 0 bridgehead atoms. The maximum absolute atomic E-state index is 11.9. The van der Waals surface area contributed by atoms with Gasteiger partial charge in [0.15, 0.2) is 0 Å². The topological polar surface area (TPSA) is 17.1 Å². The first-order valence-electron chi connectivity index (χ1n) is 8.61. The molecule has 0 heterocycles. The molecular weight excluding hydrogens is 351 g/mol. The fourth-order valence-electron chi connectivity index (χ4n) is 2.70. The molecule has 0 aliphatic heterocycles. The van der Waals surface area contributed by atoms with E-state index in [-0.39, 0.29) is 0 Å². The summed E-state index contributed by atoms with van der Waals surface area (Å²) in [5.74, 6) is 1.52. The average molecular weight is 379 g/mol. The molecule has 0 radical (unpaired) electrons. The lowest BCUT2D eigenvalue weighted by Gasteiger charge is -2.22. The van der Waals surface area contributed by atoms with Gasteiger partial charge in [0.05, 0.1) is 0 Å². The minimum absolute atomic E-state index is 0.709. The van der Waals surface area contributed by atoms with Crippen molar-refractivity contribution in [1.29, 1.82) is 0 Å². The van der Waals surface area contributed by atoms with Crippen LogP contribution in [0.3, 0.4) is 0 Å². The fraction of sp³-hybridized carbons (Fsp3) is 0.400. The Morgan fingerprint density at radius 1 is 0.833 bits per heavy atom. The summed E-state index contributed by atoms with van der Waals surface area (Å²) in [6.07, 6.45) is 5.24. The van der Waals surface area contributed by atoms with E-state index in [0.717, 1.165) is 42.8 Å². The van der Waals surface area contributed by atoms with Crippen molar-refractivity contribution in [2.75, 3.05) is 30.0 Å². The molecule has 2 aromatic carbocycles. The standard InChI is InChI=1S/C20H27OPS2/c1-2-24(21)18-17-22(23,15-13-19-9-5-3-6-10-19)16-14-20-11-7-4-8-12-20/h3-12H,2,13-18H2,1H3. The van der Waals surface area contributed by atoms with Crippen LogP contribution in [0.1, 0.15) is 18.1 Å². The van der Waals surface area contributed by atoms with Gasteiger partial charge in [0, 0.05) is 22.3 Å². The highest BCUT2D eigenvalue weighted by atomic mass is 32.4. The number of benzene rings is 2. The van der Waals surface area contributed by atoms with E-state index >= 15 is 0 Å². The highest BCUT2D eigenvalue weighted by Crippen LogP contribution is 2.46. The molecule has 0 saturated carbocycles. The van der Waals surface area contributed by atoms with Gasteiger partial charge in [-0.05, 0) is 48.5 Å². The van der Waals surface area contributed by atoms with Gasteiger partial charge < -0.3 is 0 Å². The Morgan fingerprint density at radius 3 is 1.71 bits per heavy atom. The molecule has 0 fully saturated rings. The summed E-state index contributed by atoms with van der Waals surface area (Å²) in [5, 5.41) is 0. The third kappa shape index (κ3) is 7.01. The number of hydrogen-bond donors (Lipinski definition) is 0. The van der Waals surface area contributed by atoms with Crippen molar-refractivity contribution in [2.45, 2.75) is 19.8 Å². The van der Waals surface area contributed by atoms with E-state index in [9.17, 15) is 4.21 Å². The molecule has 0 aliphatic rings. The van der Waals surface area contributed by atoms with Crippen molar-refractivity contribution >= 4 is 28.6 Å². The molecule has 2 rings (SSSR count). The van der Waals surface area contributed by atoms with Crippen molar-refractivity contribution in [3.05, 3.63) is 71.8 Å². The predicted octanol–water partition coefficient (Wildman–Crippen LogP) is 4.72. The summed E-state index contributed by atoms with van der Waals surface area (Å²) in [6.45, 7) is 1.99. The second-order valence-corrected chi connectivity index (χ2v) is 13.8. The van der Waals surface area contributed by atoms with Gasteiger partial charge in [0.1, 0.15) is 0 Å². The van der Waals surface area contributed by atoms with Crippen LogP contribution in [-0.4, -0.2) is 34.2 Å². The first kappa shape index (κ1) is 19.6. The second kappa shape index (κ2) is 10.3. The first-order valence-corrected chi connectivity index (χ1v) is 13.5. The number of hydrogen-bond acceptors (Lipinski definition) is 2. The van der Waals surface area contributed by atoms with Crippen LogP contribution < -0.4 is 0 Å². The van der Waals surface area contributed by atoms with Gasteiger partial charge in [-0.3, -0.25) is 4.21 Å². The van der Waals surface area contributed by atoms with E-state index < -0.39 is 16.8 Å². The van der Waals surface area contributed by atoms with Gasteiger partial charge in [-0.15, -0.1) is 0 Å². The third-order valence-corrected chi connectivity index (χ3v) is 10.7. The van der Waals surface area contributed by atoms with Crippen molar-refractivity contribution in [3.8, 4) is 0 Å². The molecule has 0 aliphatic carbocycles. The SMILES string of the molecule is CCS(=O)CCP(=S)(CCc1ccccc1)CCc1ccccc1. The predicted molar refractivity (Wildman–Crippen MR) is 113 cm³/mol. The molecule has 2 aromatic rings.